The average Bonchev–Trinajstić information content (AvgIpc) is 2.29. The predicted octanol–water partition coefficient (Wildman–Crippen LogP) is 3.07. The number of rotatable bonds is 6. The zero-order chi connectivity index (χ0) is 12.0. The number of benzene rings is 1. The van der Waals surface area contributed by atoms with E-state index in [0.717, 1.165) is 36.1 Å². The van der Waals surface area contributed by atoms with Crippen molar-refractivity contribution in [3.05, 3.63) is 35.9 Å². The zero-order valence-corrected chi connectivity index (χ0v) is 10.2. The molecule has 1 atom stereocenters. The molecule has 2 N–H and O–H groups in total. The highest BCUT2D eigenvalue weighted by Gasteiger charge is 2.06. The molecular weight excluding hydrogens is 198 g/mol. The number of aliphatic hydroxyl groups is 1. The lowest BCUT2D eigenvalue weighted by Gasteiger charge is -2.12. The molecule has 0 aliphatic rings. The van der Waals surface area contributed by atoms with E-state index in [4.69, 9.17) is 0 Å². The first-order valence-electron chi connectivity index (χ1n) is 5.82. The molecule has 2 heteroatoms. The minimum Gasteiger partial charge on any atom is -0.393 e. The Labute approximate surface area is 98.0 Å². The van der Waals surface area contributed by atoms with E-state index in [1.807, 2.05) is 19.2 Å². The molecule has 16 heavy (non-hydrogen) atoms. The molecular formula is C14H21NO. The van der Waals surface area contributed by atoms with Crippen molar-refractivity contribution >= 4 is 11.8 Å². The lowest BCUT2D eigenvalue weighted by atomic mass is 10.0. The zero-order valence-electron chi connectivity index (χ0n) is 10.2. The molecule has 0 radical (unpaired) electrons. The highest BCUT2D eigenvalue weighted by molar-refractivity contribution is 5.66. The molecule has 0 heterocycles. The van der Waals surface area contributed by atoms with Crippen molar-refractivity contribution < 1.29 is 5.11 Å². The number of aliphatic hydroxyl groups excluding tert-OH is 1. The fraction of sp³-hybridized carbons (Fsp3) is 0.429. The van der Waals surface area contributed by atoms with E-state index >= 15 is 0 Å². The highest BCUT2D eigenvalue weighted by atomic mass is 16.3. The van der Waals surface area contributed by atoms with Crippen molar-refractivity contribution in [3.8, 4) is 0 Å². The summed E-state index contributed by atoms with van der Waals surface area (Å²) in [6.45, 7) is 5.88. The van der Waals surface area contributed by atoms with Crippen molar-refractivity contribution in [2.24, 2.45) is 0 Å². The summed E-state index contributed by atoms with van der Waals surface area (Å²) in [5, 5.41) is 12.9. The van der Waals surface area contributed by atoms with Gasteiger partial charge in [0, 0.05) is 12.7 Å². The molecule has 1 aromatic rings. The third kappa shape index (κ3) is 3.38. The van der Waals surface area contributed by atoms with Crippen LogP contribution in [0.1, 0.15) is 30.9 Å². The van der Waals surface area contributed by atoms with Crippen LogP contribution in [0.4, 0.5) is 5.69 Å². The third-order valence-corrected chi connectivity index (χ3v) is 2.70. The standard InChI is InChI=1S/C14H21NO/c1-4-6-13(16)10-11-7-8-14(15-3)12(5-2)9-11/h5,7-9,13,15-16H,2,4,6,10H2,1,3H3. The van der Waals surface area contributed by atoms with Crippen molar-refractivity contribution in [1.29, 1.82) is 0 Å². The molecule has 0 saturated heterocycles. The molecule has 0 saturated carbocycles. The third-order valence-electron chi connectivity index (χ3n) is 2.70. The van der Waals surface area contributed by atoms with E-state index in [2.05, 4.69) is 31.0 Å². The van der Waals surface area contributed by atoms with Crippen LogP contribution in [0.3, 0.4) is 0 Å². The Kier molecular flexibility index (Phi) is 5.06. The van der Waals surface area contributed by atoms with Gasteiger partial charge < -0.3 is 10.4 Å². The summed E-state index contributed by atoms with van der Waals surface area (Å²) in [6.07, 6.45) is 4.20. The molecule has 0 aliphatic carbocycles. The lowest BCUT2D eigenvalue weighted by molar-refractivity contribution is 0.164. The van der Waals surface area contributed by atoms with Crippen LogP contribution in [-0.4, -0.2) is 18.3 Å². The Bertz CT molecular complexity index is 347. The molecule has 1 unspecified atom stereocenters. The molecule has 1 rings (SSSR count). The minimum atomic E-state index is -0.233. The van der Waals surface area contributed by atoms with Gasteiger partial charge in [-0.2, -0.15) is 0 Å². The first-order chi connectivity index (χ1) is 7.71. The van der Waals surface area contributed by atoms with E-state index < -0.39 is 0 Å². The van der Waals surface area contributed by atoms with E-state index in [1.54, 1.807) is 0 Å². The average molecular weight is 219 g/mol. The fourth-order valence-corrected chi connectivity index (χ4v) is 1.84. The van der Waals surface area contributed by atoms with Crippen LogP contribution in [0, 0.1) is 0 Å². The van der Waals surface area contributed by atoms with E-state index in [-0.39, 0.29) is 6.10 Å². The van der Waals surface area contributed by atoms with Crippen LogP contribution in [0.2, 0.25) is 0 Å². The van der Waals surface area contributed by atoms with Crippen molar-refractivity contribution in [2.45, 2.75) is 32.3 Å². The summed E-state index contributed by atoms with van der Waals surface area (Å²) in [6, 6.07) is 6.17. The van der Waals surface area contributed by atoms with Gasteiger partial charge in [-0.15, -0.1) is 0 Å². The van der Waals surface area contributed by atoms with Gasteiger partial charge in [0.05, 0.1) is 6.10 Å². The highest BCUT2D eigenvalue weighted by Crippen LogP contribution is 2.19. The predicted molar refractivity (Wildman–Crippen MR) is 70.7 cm³/mol. The Morgan fingerprint density at radius 3 is 2.81 bits per heavy atom. The summed E-state index contributed by atoms with van der Waals surface area (Å²) < 4.78 is 0. The maximum Gasteiger partial charge on any atom is 0.0580 e. The molecule has 2 nitrogen and oxygen atoms in total. The smallest absolute Gasteiger partial charge is 0.0580 e. The first-order valence-corrected chi connectivity index (χ1v) is 5.82. The second kappa shape index (κ2) is 6.33. The Balaban J connectivity index is 2.78. The largest absolute Gasteiger partial charge is 0.393 e. The summed E-state index contributed by atoms with van der Waals surface area (Å²) in [5.74, 6) is 0. The fourth-order valence-electron chi connectivity index (χ4n) is 1.84. The van der Waals surface area contributed by atoms with E-state index in [1.165, 1.54) is 0 Å². The Morgan fingerprint density at radius 1 is 1.50 bits per heavy atom. The van der Waals surface area contributed by atoms with Gasteiger partial charge in [0.25, 0.3) is 0 Å². The van der Waals surface area contributed by atoms with E-state index in [0.29, 0.717) is 0 Å². The lowest BCUT2D eigenvalue weighted by Crippen LogP contribution is -2.09. The van der Waals surface area contributed by atoms with Crippen molar-refractivity contribution in [1.82, 2.24) is 0 Å². The van der Waals surface area contributed by atoms with Gasteiger partial charge in [0.15, 0.2) is 0 Å². The number of hydrogen-bond acceptors (Lipinski definition) is 2. The molecule has 1 aromatic carbocycles. The monoisotopic (exact) mass is 219 g/mol. The van der Waals surface area contributed by atoms with Crippen LogP contribution in [0.5, 0.6) is 0 Å². The molecule has 88 valence electrons. The summed E-state index contributed by atoms with van der Waals surface area (Å²) in [5.41, 5.74) is 3.32. The van der Waals surface area contributed by atoms with Crippen LogP contribution < -0.4 is 5.32 Å². The van der Waals surface area contributed by atoms with Crippen LogP contribution in [0.25, 0.3) is 6.08 Å². The van der Waals surface area contributed by atoms with Gasteiger partial charge in [0.1, 0.15) is 0 Å². The first kappa shape index (κ1) is 12.8. The Morgan fingerprint density at radius 2 is 2.25 bits per heavy atom. The normalized spacial score (nSPS) is 12.2. The quantitative estimate of drug-likeness (QED) is 0.770. The second-order valence-electron chi connectivity index (χ2n) is 4.02. The summed E-state index contributed by atoms with van der Waals surface area (Å²) in [4.78, 5) is 0. The van der Waals surface area contributed by atoms with Gasteiger partial charge >= 0.3 is 0 Å². The van der Waals surface area contributed by atoms with Gasteiger partial charge in [0.2, 0.25) is 0 Å². The van der Waals surface area contributed by atoms with Crippen LogP contribution in [-0.2, 0) is 6.42 Å². The van der Waals surface area contributed by atoms with Crippen molar-refractivity contribution in [2.75, 3.05) is 12.4 Å². The molecule has 0 fully saturated rings. The van der Waals surface area contributed by atoms with Gasteiger partial charge in [-0.3, -0.25) is 0 Å². The van der Waals surface area contributed by atoms with E-state index in [9.17, 15) is 5.11 Å². The number of anilines is 1. The molecule has 0 aliphatic heterocycles. The summed E-state index contributed by atoms with van der Waals surface area (Å²) >= 11 is 0. The topological polar surface area (TPSA) is 32.3 Å². The van der Waals surface area contributed by atoms with Gasteiger partial charge in [-0.25, -0.2) is 0 Å². The minimum absolute atomic E-state index is 0.233. The molecule has 0 amide bonds. The summed E-state index contributed by atoms with van der Waals surface area (Å²) in [7, 11) is 1.90. The number of nitrogens with one attached hydrogen (secondary N) is 1. The maximum absolute atomic E-state index is 9.75. The van der Waals surface area contributed by atoms with Crippen LogP contribution >= 0.6 is 0 Å². The second-order valence-corrected chi connectivity index (χ2v) is 4.02. The maximum atomic E-state index is 9.75. The van der Waals surface area contributed by atoms with Crippen LogP contribution in [0.15, 0.2) is 24.8 Å². The van der Waals surface area contributed by atoms with Crippen molar-refractivity contribution in [3.63, 3.8) is 0 Å². The van der Waals surface area contributed by atoms with Gasteiger partial charge in [-0.1, -0.05) is 32.1 Å². The van der Waals surface area contributed by atoms with Gasteiger partial charge in [-0.05, 0) is 36.1 Å². The molecule has 0 aromatic heterocycles. The molecule has 0 bridgehead atoms. The SMILES string of the molecule is C=Cc1cc(CC(O)CCC)ccc1NC. The molecule has 0 spiro atoms. The Hall–Kier alpha value is -1.28. The number of hydrogen-bond donors (Lipinski definition) is 2.